The maximum Gasteiger partial charge on any atom is 0.252 e. The lowest BCUT2D eigenvalue weighted by molar-refractivity contribution is 0.0941. The first-order valence-corrected chi connectivity index (χ1v) is 7.45. The van der Waals surface area contributed by atoms with Crippen LogP contribution in [0.2, 0.25) is 5.02 Å². The largest absolute Gasteiger partial charge is 0.480 e. The van der Waals surface area contributed by atoms with Crippen LogP contribution in [-0.2, 0) is 0 Å². The molecule has 0 bridgehead atoms. The van der Waals surface area contributed by atoms with Gasteiger partial charge in [0.25, 0.3) is 5.91 Å². The number of ether oxygens (including phenoxy) is 1. The number of amides is 1. The molecule has 5 heteroatoms. The van der Waals surface area contributed by atoms with E-state index in [0.717, 1.165) is 12.5 Å². The second-order valence-electron chi connectivity index (χ2n) is 5.55. The number of hydrogen-bond donors (Lipinski definition) is 1. The molecule has 1 heterocycles. The number of rotatable bonds is 4. The number of nitrogens with zero attached hydrogens (tertiary/aromatic N) is 1. The van der Waals surface area contributed by atoms with E-state index in [2.05, 4.69) is 17.2 Å². The van der Waals surface area contributed by atoms with Crippen LogP contribution < -0.4 is 10.1 Å². The third-order valence-electron chi connectivity index (χ3n) is 3.95. The predicted octanol–water partition coefficient (Wildman–Crippen LogP) is 3.30. The van der Waals surface area contributed by atoms with E-state index >= 15 is 0 Å². The zero-order valence-corrected chi connectivity index (χ0v) is 12.7. The van der Waals surface area contributed by atoms with Gasteiger partial charge in [0.1, 0.15) is 5.02 Å². The number of halogens is 1. The van der Waals surface area contributed by atoms with Crippen molar-refractivity contribution in [3.63, 3.8) is 0 Å². The quantitative estimate of drug-likeness (QED) is 0.927. The van der Waals surface area contributed by atoms with Crippen LogP contribution in [0.25, 0.3) is 0 Å². The van der Waals surface area contributed by atoms with Crippen molar-refractivity contribution in [2.75, 3.05) is 13.7 Å². The minimum atomic E-state index is -0.124. The summed E-state index contributed by atoms with van der Waals surface area (Å²) in [4.78, 5) is 16.1. The maximum absolute atomic E-state index is 12.1. The van der Waals surface area contributed by atoms with Crippen LogP contribution in [-0.4, -0.2) is 24.5 Å². The van der Waals surface area contributed by atoms with Gasteiger partial charge in [-0.2, -0.15) is 0 Å². The first kappa shape index (κ1) is 15.1. The SMILES string of the molecule is COc1ncc(C(=O)NCC2CCC(C)CC2)cc1Cl. The van der Waals surface area contributed by atoms with Crippen LogP contribution in [0.4, 0.5) is 0 Å². The van der Waals surface area contributed by atoms with Gasteiger partial charge in [0.15, 0.2) is 0 Å². The summed E-state index contributed by atoms with van der Waals surface area (Å²) in [7, 11) is 1.50. The zero-order chi connectivity index (χ0) is 14.5. The number of nitrogens with one attached hydrogen (secondary N) is 1. The number of hydrogen-bond acceptors (Lipinski definition) is 3. The van der Waals surface area contributed by atoms with E-state index < -0.39 is 0 Å². The van der Waals surface area contributed by atoms with Crippen molar-refractivity contribution < 1.29 is 9.53 Å². The number of aromatic nitrogens is 1. The molecule has 4 nitrogen and oxygen atoms in total. The van der Waals surface area contributed by atoms with E-state index in [-0.39, 0.29) is 5.91 Å². The summed E-state index contributed by atoms with van der Waals surface area (Å²) in [6.45, 7) is 3.02. The second kappa shape index (κ2) is 6.93. The summed E-state index contributed by atoms with van der Waals surface area (Å²) in [5.41, 5.74) is 0.472. The van der Waals surface area contributed by atoms with Crippen LogP contribution in [0.5, 0.6) is 5.88 Å². The van der Waals surface area contributed by atoms with Gasteiger partial charge < -0.3 is 10.1 Å². The Labute approximate surface area is 124 Å². The minimum Gasteiger partial charge on any atom is -0.480 e. The molecular formula is C15H21ClN2O2. The van der Waals surface area contributed by atoms with Crippen LogP contribution in [0, 0.1) is 11.8 Å². The Bertz CT molecular complexity index is 471. The third-order valence-corrected chi connectivity index (χ3v) is 4.22. The average Bonchev–Trinajstić information content (AvgIpc) is 2.46. The Morgan fingerprint density at radius 2 is 2.15 bits per heavy atom. The van der Waals surface area contributed by atoms with E-state index in [1.807, 2.05) is 0 Å². The normalized spacial score (nSPS) is 22.4. The lowest BCUT2D eigenvalue weighted by Gasteiger charge is -2.26. The average molecular weight is 297 g/mol. The van der Waals surface area contributed by atoms with E-state index in [9.17, 15) is 4.79 Å². The molecule has 2 rings (SSSR count). The van der Waals surface area contributed by atoms with Crippen molar-refractivity contribution >= 4 is 17.5 Å². The topological polar surface area (TPSA) is 51.2 Å². The van der Waals surface area contributed by atoms with E-state index in [4.69, 9.17) is 16.3 Å². The Hall–Kier alpha value is -1.29. The summed E-state index contributed by atoms with van der Waals surface area (Å²) in [6.07, 6.45) is 6.40. The predicted molar refractivity (Wildman–Crippen MR) is 79.3 cm³/mol. The fourth-order valence-electron chi connectivity index (χ4n) is 2.57. The van der Waals surface area contributed by atoms with Crippen LogP contribution in [0.15, 0.2) is 12.3 Å². The summed E-state index contributed by atoms with van der Waals surface area (Å²) < 4.78 is 4.97. The lowest BCUT2D eigenvalue weighted by atomic mass is 9.83. The van der Waals surface area contributed by atoms with Gasteiger partial charge in [0, 0.05) is 12.7 Å². The Kier molecular flexibility index (Phi) is 5.24. The number of carbonyl (C=O) groups excluding carboxylic acids is 1. The van der Waals surface area contributed by atoms with E-state index in [1.165, 1.54) is 39.0 Å². The highest BCUT2D eigenvalue weighted by atomic mass is 35.5. The number of pyridine rings is 1. The molecular weight excluding hydrogens is 276 g/mol. The van der Waals surface area contributed by atoms with Gasteiger partial charge in [-0.05, 0) is 30.7 Å². The molecule has 1 aromatic heterocycles. The van der Waals surface area contributed by atoms with Gasteiger partial charge >= 0.3 is 0 Å². The van der Waals surface area contributed by atoms with Gasteiger partial charge in [-0.3, -0.25) is 4.79 Å². The Balaban J connectivity index is 1.87. The number of methoxy groups -OCH3 is 1. The molecule has 110 valence electrons. The highest BCUT2D eigenvalue weighted by Crippen LogP contribution is 2.27. The van der Waals surface area contributed by atoms with Gasteiger partial charge in [-0.1, -0.05) is 31.4 Å². The molecule has 0 unspecified atom stereocenters. The second-order valence-corrected chi connectivity index (χ2v) is 5.96. The monoisotopic (exact) mass is 296 g/mol. The van der Waals surface area contributed by atoms with Gasteiger partial charge in [0.05, 0.1) is 12.7 Å². The van der Waals surface area contributed by atoms with Gasteiger partial charge in [-0.25, -0.2) is 4.98 Å². The van der Waals surface area contributed by atoms with Gasteiger partial charge in [0.2, 0.25) is 5.88 Å². The van der Waals surface area contributed by atoms with E-state index in [0.29, 0.717) is 22.4 Å². The zero-order valence-electron chi connectivity index (χ0n) is 12.0. The van der Waals surface area contributed by atoms with Crippen molar-refractivity contribution in [3.05, 3.63) is 22.8 Å². The molecule has 0 spiro atoms. The molecule has 1 amide bonds. The molecule has 20 heavy (non-hydrogen) atoms. The standard InChI is InChI=1S/C15H21ClN2O2/c1-10-3-5-11(6-4-10)8-17-14(19)12-7-13(16)15(20-2)18-9-12/h7,9-11H,3-6,8H2,1-2H3,(H,17,19). The molecule has 0 saturated heterocycles. The molecule has 1 aliphatic rings. The highest BCUT2D eigenvalue weighted by molar-refractivity contribution is 6.32. The number of carbonyl (C=O) groups is 1. The maximum atomic E-state index is 12.1. The van der Waals surface area contributed by atoms with Crippen molar-refractivity contribution in [1.82, 2.24) is 10.3 Å². The van der Waals surface area contributed by atoms with E-state index in [1.54, 1.807) is 6.07 Å². The Morgan fingerprint density at radius 3 is 2.75 bits per heavy atom. The highest BCUT2D eigenvalue weighted by Gasteiger charge is 2.19. The molecule has 1 N–H and O–H groups in total. The molecule has 1 aromatic rings. The molecule has 0 aromatic carbocycles. The van der Waals surface area contributed by atoms with Crippen molar-refractivity contribution in [3.8, 4) is 5.88 Å². The molecule has 0 radical (unpaired) electrons. The Morgan fingerprint density at radius 1 is 1.45 bits per heavy atom. The smallest absolute Gasteiger partial charge is 0.252 e. The van der Waals surface area contributed by atoms with Gasteiger partial charge in [-0.15, -0.1) is 0 Å². The fourth-order valence-corrected chi connectivity index (χ4v) is 2.82. The first-order valence-electron chi connectivity index (χ1n) is 7.08. The summed E-state index contributed by atoms with van der Waals surface area (Å²) >= 11 is 5.97. The molecule has 0 atom stereocenters. The van der Waals surface area contributed by atoms with Crippen LogP contribution in [0.3, 0.4) is 0 Å². The first-order chi connectivity index (χ1) is 9.60. The molecule has 0 aliphatic heterocycles. The van der Waals surface area contributed by atoms with Crippen LogP contribution in [0.1, 0.15) is 43.0 Å². The third kappa shape index (κ3) is 3.85. The fraction of sp³-hybridized carbons (Fsp3) is 0.600. The van der Waals surface area contributed by atoms with Crippen molar-refractivity contribution in [1.29, 1.82) is 0 Å². The summed E-state index contributed by atoms with van der Waals surface area (Å²) in [6, 6.07) is 1.59. The minimum absolute atomic E-state index is 0.124. The summed E-state index contributed by atoms with van der Waals surface area (Å²) in [5, 5.41) is 3.32. The molecule has 1 fully saturated rings. The van der Waals surface area contributed by atoms with Crippen molar-refractivity contribution in [2.45, 2.75) is 32.6 Å². The molecule has 1 aliphatic carbocycles. The van der Waals surface area contributed by atoms with Crippen LogP contribution >= 0.6 is 11.6 Å². The van der Waals surface area contributed by atoms with Crippen molar-refractivity contribution in [2.24, 2.45) is 11.8 Å². The lowest BCUT2D eigenvalue weighted by Crippen LogP contribution is -2.31. The molecule has 1 saturated carbocycles. The summed E-state index contributed by atoms with van der Waals surface area (Å²) in [5.74, 6) is 1.63.